The zero-order chi connectivity index (χ0) is 18.8. The first kappa shape index (κ1) is 20.1. The van der Waals surface area contributed by atoms with E-state index >= 15 is 0 Å². The van der Waals surface area contributed by atoms with Crippen LogP contribution in [0.4, 0.5) is 5.69 Å². The summed E-state index contributed by atoms with van der Waals surface area (Å²) in [4.78, 5) is 13.6. The maximum Gasteiger partial charge on any atom is 0.269 e. The predicted molar refractivity (Wildman–Crippen MR) is 112 cm³/mol. The summed E-state index contributed by atoms with van der Waals surface area (Å²) in [6, 6.07) is 14.2. The number of hydrogen-bond donors (Lipinski definition) is 2. The van der Waals surface area contributed by atoms with E-state index in [9.17, 15) is 10.1 Å². The molecule has 0 aliphatic carbocycles. The second kappa shape index (κ2) is 8.55. The number of fused-ring (bicyclic) bond motifs is 1. The van der Waals surface area contributed by atoms with Gasteiger partial charge in [-0.2, -0.15) is 0 Å². The number of halogens is 2. The Morgan fingerprint density at radius 2 is 1.93 bits per heavy atom. The summed E-state index contributed by atoms with van der Waals surface area (Å²) in [6.45, 7) is 1.21. The molecule has 0 saturated heterocycles. The van der Waals surface area contributed by atoms with E-state index < -0.39 is 4.92 Å². The van der Waals surface area contributed by atoms with Gasteiger partial charge in [-0.15, -0.1) is 12.4 Å². The fraction of sp³-hybridized carbons (Fsp3) is 0.105. The lowest BCUT2D eigenvalue weighted by atomic mass is 10.1. The molecule has 2 aromatic carbocycles. The fourth-order valence-electron chi connectivity index (χ4n) is 2.90. The molecule has 0 amide bonds. The van der Waals surface area contributed by atoms with Crippen molar-refractivity contribution in [3.8, 4) is 11.3 Å². The first-order chi connectivity index (χ1) is 13.1. The van der Waals surface area contributed by atoms with Gasteiger partial charge in [0.15, 0.2) is 5.76 Å². The van der Waals surface area contributed by atoms with E-state index in [1.165, 1.54) is 23.1 Å². The topological polar surface area (TPSA) is 97.0 Å². The standard InChI is InChI=1S/C19H15BrN4O3.ClH/c20-14-3-6-18-17(7-14)13(10-22-18)9-21-11-16-8-19(23-27-16)12-1-4-15(5-2-12)24(25)26;/h1-8,10,21-22H,9,11H2;1H. The van der Waals surface area contributed by atoms with Crippen LogP contribution in [0.1, 0.15) is 11.3 Å². The summed E-state index contributed by atoms with van der Waals surface area (Å²) >= 11 is 3.50. The summed E-state index contributed by atoms with van der Waals surface area (Å²) in [5.74, 6) is 0.698. The van der Waals surface area contributed by atoms with Crippen molar-refractivity contribution in [2.75, 3.05) is 0 Å². The largest absolute Gasteiger partial charge is 0.361 e. The molecule has 0 atom stereocenters. The molecule has 0 bridgehead atoms. The average molecular weight is 464 g/mol. The van der Waals surface area contributed by atoms with E-state index in [1.807, 2.05) is 24.4 Å². The molecule has 7 nitrogen and oxygen atoms in total. The van der Waals surface area contributed by atoms with Gasteiger partial charge in [0.25, 0.3) is 5.69 Å². The molecule has 0 unspecified atom stereocenters. The van der Waals surface area contributed by atoms with Gasteiger partial charge in [0.2, 0.25) is 0 Å². The monoisotopic (exact) mass is 462 g/mol. The van der Waals surface area contributed by atoms with E-state index in [0.717, 1.165) is 15.6 Å². The SMILES string of the molecule is Cl.O=[N+]([O-])c1ccc(-c2cc(CNCc3c[nH]c4ccc(Br)cc34)on2)cc1. The van der Waals surface area contributed by atoms with Gasteiger partial charge in [-0.05, 0) is 35.9 Å². The molecule has 9 heteroatoms. The van der Waals surface area contributed by atoms with E-state index in [4.69, 9.17) is 4.52 Å². The van der Waals surface area contributed by atoms with Gasteiger partial charge >= 0.3 is 0 Å². The molecule has 2 heterocycles. The van der Waals surface area contributed by atoms with Crippen LogP contribution in [0.15, 0.2) is 63.7 Å². The van der Waals surface area contributed by atoms with Crippen molar-refractivity contribution in [3.63, 3.8) is 0 Å². The second-order valence-corrected chi connectivity index (χ2v) is 7.01. The number of aromatic amines is 1. The van der Waals surface area contributed by atoms with Crippen LogP contribution >= 0.6 is 28.3 Å². The summed E-state index contributed by atoms with van der Waals surface area (Å²) < 4.78 is 6.40. The van der Waals surface area contributed by atoms with E-state index in [1.54, 1.807) is 12.1 Å². The third-order valence-corrected chi connectivity index (χ3v) is 4.77. The number of hydrogen-bond acceptors (Lipinski definition) is 5. The molecule has 0 fully saturated rings. The van der Waals surface area contributed by atoms with Crippen LogP contribution in [0.25, 0.3) is 22.2 Å². The molecule has 0 aliphatic rings. The van der Waals surface area contributed by atoms with Gasteiger partial charge in [0, 0.05) is 51.9 Å². The van der Waals surface area contributed by atoms with Crippen molar-refractivity contribution < 1.29 is 9.45 Å². The second-order valence-electron chi connectivity index (χ2n) is 6.09. The van der Waals surface area contributed by atoms with Crippen LogP contribution in [-0.2, 0) is 13.1 Å². The van der Waals surface area contributed by atoms with Crippen molar-refractivity contribution >= 4 is 44.9 Å². The fourth-order valence-corrected chi connectivity index (χ4v) is 3.26. The normalized spacial score (nSPS) is 10.8. The molecular weight excluding hydrogens is 448 g/mol. The van der Waals surface area contributed by atoms with Crippen molar-refractivity contribution in [1.82, 2.24) is 15.5 Å². The quantitative estimate of drug-likeness (QED) is 0.302. The maximum atomic E-state index is 10.7. The molecule has 2 N–H and O–H groups in total. The maximum absolute atomic E-state index is 10.7. The van der Waals surface area contributed by atoms with Crippen LogP contribution in [0, 0.1) is 10.1 Å². The Morgan fingerprint density at radius 1 is 1.14 bits per heavy atom. The van der Waals surface area contributed by atoms with Crippen molar-refractivity contribution in [2.24, 2.45) is 0 Å². The zero-order valence-corrected chi connectivity index (χ0v) is 16.9. The first-order valence-corrected chi connectivity index (χ1v) is 9.06. The summed E-state index contributed by atoms with van der Waals surface area (Å²) in [5.41, 5.74) is 3.74. The van der Waals surface area contributed by atoms with Crippen LogP contribution in [0.3, 0.4) is 0 Å². The highest BCUT2D eigenvalue weighted by molar-refractivity contribution is 9.10. The Balaban J connectivity index is 0.00000225. The van der Waals surface area contributed by atoms with E-state index in [-0.39, 0.29) is 18.1 Å². The van der Waals surface area contributed by atoms with Gasteiger partial charge in [0.05, 0.1) is 11.5 Å². The lowest BCUT2D eigenvalue weighted by Crippen LogP contribution is -2.11. The Kier molecular flexibility index (Phi) is 6.13. The predicted octanol–water partition coefficient (Wildman–Crippen LogP) is 5.21. The minimum Gasteiger partial charge on any atom is -0.361 e. The van der Waals surface area contributed by atoms with Gasteiger partial charge in [-0.3, -0.25) is 10.1 Å². The summed E-state index contributed by atoms with van der Waals surface area (Å²) in [7, 11) is 0. The minimum absolute atomic E-state index is 0. The average Bonchev–Trinajstić information content (AvgIpc) is 3.29. The highest BCUT2D eigenvalue weighted by Gasteiger charge is 2.10. The summed E-state index contributed by atoms with van der Waals surface area (Å²) in [5, 5.41) is 19.3. The number of aromatic nitrogens is 2. The third-order valence-electron chi connectivity index (χ3n) is 4.28. The van der Waals surface area contributed by atoms with Gasteiger partial charge in [0.1, 0.15) is 5.69 Å². The number of non-ortho nitro benzene ring substituents is 1. The molecule has 28 heavy (non-hydrogen) atoms. The molecule has 4 rings (SSSR count). The van der Waals surface area contributed by atoms with Crippen LogP contribution in [0.2, 0.25) is 0 Å². The Morgan fingerprint density at radius 3 is 2.68 bits per heavy atom. The zero-order valence-electron chi connectivity index (χ0n) is 14.5. The molecule has 0 aliphatic heterocycles. The molecule has 144 valence electrons. The molecule has 0 spiro atoms. The molecule has 4 aromatic rings. The Labute approximate surface area is 174 Å². The van der Waals surface area contributed by atoms with Gasteiger partial charge in [-0.1, -0.05) is 21.1 Å². The number of nitrogens with zero attached hydrogens (tertiary/aromatic N) is 2. The number of rotatable bonds is 6. The molecule has 0 saturated carbocycles. The van der Waals surface area contributed by atoms with Crippen molar-refractivity contribution in [1.29, 1.82) is 0 Å². The third kappa shape index (κ3) is 4.24. The number of H-pyrrole nitrogens is 1. The minimum atomic E-state index is -0.425. The van der Waals surface area contributed by atoms with Crippen LogP contribution in [-0.4, -0.2) is 15.1 Å². The number of nitro benzene ring substituents is 1. The molecule has 2 aromatic heterocycles. The summed E-state index contributed by atoms with van der Waals surface area (Å²) in [6.07, 6.45) is 1.99. The van der Waals surface area contributed by atoms with Gasteiger partial charge in [-0.25, -0.2) is 0 Å². The van der Waals surface area contributed by atoms with Crippen molar-refractivity contribution in [2.45, 2.75) is 13.1 Å². The number of nitrogens with one attached hydrogen (secondary N) is 2. The lowest BCUT2D eigenvalue weighted by Gasteiger charge is -2.01. The van der Waals surface area contributed by atoms with Gasteiger partial charge < -0.3 is 14.8 Å². The van der Waals surface area contributed by atoms with Crippen LogP contribution in [0.5, 0.6) is 0 Å². The Bertz CT molecular complexity index is 1110. The number of benzene rings is 2. The van der Waals surface area contributed by atoms with E-state index in [0.29, 0.717) is 24.5 Å². The highest BCUT2D eigenvalue weighted by atomic mass is 79.9. The Hall–Kier alpha value is -2.68. The first-order valence-electron chi connectivity index (χ1n) is 8.27. The lowest BCUT2D eigenvalue weighted by molar-refractivity contribution is -0.384. The van der Waals surface area contributed by atoms with E-state index in [2.05, 4.69) is 37.5 Å². The number of nitro groups is 1. The van der Waals surface area contributed by atoms with Crippen LogP contribution < -0.4 is 5.32 Å². The molecular formula is C19H16BrClN4O3. The van der Waals surface area contributed by atoms with Crippen molar-refractivity contribution in [3.05, 3.63) is 80.6 Å². The highest BCUT2D eigenvalue weighted by Crippen LogP contribution is 2.24. The molecule has 0 radical (unpaired) electrons. The smallest absolute Gasteiger partial charge is 0.269 e.